The topological polar surface area (TPSA) is 43.4 Å². The van der Waals surface area contributed by atoms with Crippen LogP contribution in [0.4, 0.5) is 0 Å². The summed E-state index contributed by atoms with van der Waals surface area (Å²) in [5.74, 6) is 0.0571. The normalized spacial score (nSPS) is 11.4. The Morgan fingerprint density at radius 2 is 1.93 bits per heavy atom. The van der Waals surface area contributed by atoms with E-state index in [0.29, 0.717) is 15.8 Å². The van der Waals surface area contributed by atoms with E-state index >= 15 is 0 Å². The molecule has 84 valence electrons. The first-order valence-corrected chi connectivity index (χ1v) is 7.12. The van der Waals surface area contributed by atoms with E-state index in [0.717, 1.165) is 0 Å². The molecule has 0 atom stereocenters. The molecule has 0 bridgehead atoms. The monoisotopic (exact) mass is 288 g/mol. The van der Waals surface area contributed by atoms with Crippen molar-refractivity contribution in [3.8, 4) is 5.75 Å². The van der Waals surface area contributed by atoms with Gasteiger partial charge in [-0.1, -0.05) is 23.2 Å². The van der Waals surface area contributed by atoms with Gasteiger partial charge >= 0.3 is 0 Å². The van der Waals surface area contributed by atoms with E-state index in [1.807, 2.05) is 0 Å². The van der Waals surface area contributed by atoms with Crippen molar-refractivity contribution in [2.75, 3.05) is 12.4 Å². The van der Waals surface area contributed by atoms with Gasteiger partial charge in [-0.05, 0) is 12.1 Å². The molecule has 0 saturated carbocycles. The van der Waals surface area contributed by atoms with E-state index in [1.165, 1.54) is 6.07 Å². The highest BCUT2D eigenvalue weighted by Crippen LogP contribution is 2.27. The minimum atomic E-state index is -3.55. The maximum absolute atomic E-state index is 10.6. The van der Waals surface area contributed by atoms with Gasteiger partial charge in [0.05, 0.1) is 10.8 Å². The zero-order chi connectivity index (χ0) is 11.5. The zero-order valence-corrected chi connectivity index (χ0v) is 10.5. The Morgan fingerprint density at radius 3 is 2.53 bits per heavy atom. The molecule has 15 heavy (non-hydrogen) atoms. The highest BCUT2D eigenvalue weighted by atomic mass is 35.7. The standard InChI is InChI=1S/C8H7Cl3O3S/c9-6-1-2-7(10)8(5-6)14-3-4-15(11,12)13/h1-2,5H,3-4H2. The Morgan fingerprint density at radius 1 is 1.27 bits per heavy atom. The quantitative estimate of drug-likeness (QED) is 0.801. The summed E-state index contributed by atoms with van der Waals surface area (Å²) in [6.07, 6.45) is 0. The molecule has 0 unspecified atom stereocenters. The van der Waals surface area contributed by atoms with Crippen molar-refractivity contribution >= 4 is 42.9 Å². The summed E-state index contributed by atoms with van der Waals surface area (Å²) in [6.45, 7) is -0.0636. The van der Waals surface area contributed by atoms with Crippen LogP contribution in [0.2, 0.25) is 10.0 Å². The first-order valence-electron chi connectivity index (χ1n) is 3.89. The summed E-state index contributed by atoms with van der Waals surface area (Å²) in [5, 5.41) is 0.828. The van der Waals surface area contributed by atoms with Crippen LogP contribution in [0.1, 0.15) is 0 Å². The minimum Gasteiger partial charge on any atom is -0.491 e. The molecule has 7 heteroatoms. The molecule has 0 aromatic heterocycles. The van der Waals surface area contributed by atoms with Crippen LogP contribution >= 0.6 is 33.9 Å². The molecule has 1 aromatic carbocycles. The van der Waals surface area contributed by atoms with Crippen LogP contribution in [0.15, 0.2) is 18.2 Å². The molecule has 1 rings (SSSR count). The predicted molar refractivity (Wildman–Crippen MR) is 61.6 cm³/mol. The number of hydrogen-bond donors (Lipinski definition) is 0. The second-order valence-electron chi connectivity index (χ2n) is 2.67. The maximum atomic E-state index is 10.6. The molecule has 0 N–H and O–H groups in total. The maximum Gasteiger partial charge on any atom is 0.235 e. The van der Waals surface area contributed by atoms with Gasteiger partial charge in [0.2, 0.25) is 9.05 Å². The molecule has 0 aliphatic heterocycles. The van der Waals surface area contributed by atoms with E-state index in [4.69, 9.17) is 38.6 Å². The summed E-state index contributed by atoms with van der Waals surface area (Å²) < 4.78 is 26.3. The Kier molecular flexibility index (Phi) is 4.52. The molecular formula is C8H7Cl3O3S. The molecule has 0 aliphatic carbocycles. The van der Waals surface area contributed by atoms with Crippen LogP contribution in [0.25, 0.3) is 0 Å². The van der Waals surface area contributed by atoms with Crippen LogP contribution in [-0.2, 0) is 9.05 Å². The fourth-order valence-electron chi connectivity index (χ4n) is 0.839. The van der Waals surface area contributed by atoms with Crippen LogP contribution in [0.3, 0.4) is 0 Å². The first kappa shape index (κ1) is 12.9. The summed E-state index contributed by atoms with van der Waals surface area (Å²) >= 11 is 11.5. The molecular weight excluding hydrogens is 283 g/mol. The van der Waals surface area contributed by atoms with Gasteiger partial charge in [-0.3, -0.25) is 0 Å². The number of benzene rings is 1. The average Bonchev–Trinajstić information content (AvgIpc) is 2.09. The minimum absolute atomic E-state index is 0.0636. The number of hydrogen-bond acceptors (Lipinski definition) is 3. The summed E-state index contributed by atoms with van der Waals surface area (Å²) in [5.41, 5.74) is 0. The van der Waals surface area contributed by atoms with Crippen molar-refractivity contribution in [2.24, 2.45) is 0 Å². The average molecular weight is 290 g/mol. The first-order chi connectivity index (χ1) is 6.88. The molecule has 0 aliphatic rings. The molecule has 3 nitrogen and oxygen atoms in total. The van der Waals surface area contributed by atoms with E-state index in [1.54, 1.807) is 12.1 Å². The van der Waals surface area contributed by atoms with Gasteiger partial charge < -0.3 is 4.74 Å². The van der Waals surface area contributed by atoms with Crippen molar-refractivity contribution < 1.29 is 13.2 Å². The van der Waals surface area contributed by atoms with Gasteiger partial charge in [-0.15, -0.1) is 0 Å². The van der Waals surface area contributed by atoms with Crippen molar-refractivity contribution in [1.29, 1.82) is 0 Å². The van der Waals surface area contributed by atoms with Crippen molar-refractivity contribution in [1.82, 2.24) is 0 Å². The Hall–Kier alpha value is -0.160. The predicted octanol–water partition coefficient (Wildman–Crippen LogP) is 2.94. The molecule has 0 radical (unpaired) electrons. The van der Waals surface area contributed by atoms with Gasteiger partial charge in [-0.25, -0.2) is 8.42 Å². The number of ether oxygens (including phenoxy) is 1. The number of rotatable bonds is 4. The van der Waals surface area contributed by atoms with Crippen LogP contribution < -0.4 is 4.74 Å². The fraction of sp³-hybridized carbons (Fsp3) is 0.250. The van der Waals surface area contributed by atoms with Crippen molar-refractivity contribution in [2.45, 2.75) is 0 Å². The SMILES string of the molecule is O=S(=O)(Cl)CCOc1cc(Cl)ccc1Cl. The van der Waals surface area contributed by atoms with Crippen molar-refractivity contribution in [3.63, 3.8) is 0 Å². The van der Waals surface area contributed by atoms with Gasteiger partial charge in [0.25, 0.3) is 0 Å². The highest BCUT2D eigenvalue weighted by Gasteiger charge is 2.07. The largest absolute Gasteiger partial charge is 0.491 e. The van der Waals surface area contributed by atoms with E-state index in [2.05, 4.69) is 0 Å². The third-order valence-corrected chi connectivity index (χ3v) is 3.14. The second-order valence-corrected chi connectivity index (χ2v) is 6.41. The smallest absolute Gasteiger partial charge is 0.235 e. The molecule has 0 saturated heterocycles. The Bertz CT molecular complexity index is 444. The van der Waals surface area contributed by atoms with Crippen LogP contribution in [0.5, 0.6) is 5.75 Å². The molecule has 0 amide bonds. The molecule has 0 spiro atoms. The van der Waals surface area contributed by atoms with E-state index in [9.17, 15) is 8.42 Å². The van der Waals surface area contributed by atoms with E-state index < -0.39 is 9.05 Å². The highest BCUT2D eigenvalue weighted by molar-refractivity contribution is 8.13. The fourth-order valence-corrected chi connectivity index (χ4v) is 1.64. The number of halogens is 3. The van der Waals surface area contributed by atoms with Gasteiger partial charge in [-0.2, -0.15) is 0 Å². The lowest BCUT2D eigenvalue weighted by Gasteiger charge is -2.06. The van der Waals surface area contributed by atoms with Gasteiger partial charge in [0.15, 0.2) is 0 Å². The zero-order valence-electron chi connectivity index (χ0n) is 7.41. The van der Waals surface area contributed by atoms with Gasteiger partial charge in [0, 0.05) is 21.8 Å². The summed E-state index contributed by atoms with van der Waals surface area (Å²) in [6, 6.07) is 4.67. The third-order valence-electron chi connectivity index (χ3n) is 1.48. The van der Waals surface area contributed by atoms with E-state index in [-0.39, 0.29) is 12.4 Å². The lowest BCUT2D eigenvalue weighted by molar-refractivity contribution is 0.342. The second kappa shape index (κ2) is 5.25. The molecule has 1 aromatic rings. The lowest BCUT2D eigenvalue weighted by atomic mass is 10.3. The lowest BCUT2D eigenvalue weighted by Crippen LogP contribution is -2.08. The third kappa shape index (κ3) is 4.93. The Labute approximate surface area is 102 Å². The van der Waals surface area contributed by atoms with Gasteiger partial charge in [0.1, 0.15) is 12.4 Å². The summed E-state index contributed by atoms with van der Waals surface area (Å²) in [7, 11) is 1.46. The van der Waals surface area contributed by atoms with Crippen molar-refractivity contribution in [3.05, 3.63) is 28.2 Å². The molecule has 0 fully saturated rings. The Balaban J connectivity index is 2.61. The van der Waals surface area contributed by atoms with Crippen LogP contribution in [-0.4, -0.2) is 20.8 Å². The van der Waals surface area contributed by atoms with Crippen LogP contribution in [0, 0.1) is 0 Å². The molecule has 0 heterocycles. The summed E-state index contributed by atoms with van der Waals surface area (Å²) in [4.78, 5) is 0.